The number of nitrogens with zero attached hydrogens (tertiary/aromatic N) is 2. The van der Waals surface area contributed by atoms with Gasteiger partial charge in [-0.3, -0.25) is 9.88 Å². The fourth-order valence-electron chi connectivity index (χ4n) is 1.91. The van der Waals surface area contributed by atoms with Crippen LogP contribution in [0.25, 0.3) is 0 Å². The van der Waals surface area contributed by atoms with Crippen LogP contribution >= 0.6 is 11.6 Å². The molecule has 4 heteroatoms. The van der Waals surface area contributed by atoms with Crippen LogP contribution in [0.3, 0.4) is 0 Å². The van der Waals surface area contributed by atoms with E-state index in [4.69, 9.17) is 16.3 Å². The molecule has 0 radical (unpaired) electrons. The summed E-state index contributed by atoms with van der Waals surface area (Å²) in [5.74, 6) is 0.569. The second-order valence-electron chi connectivity index (χ2n) is 4.24. The molecule has 1 aliphatic rings. The van der Waals surface area contributed by atoms with E-state index in [9.17, 15) is 0 Å². The van der Waals surface area contributed by atoms with Gasteiger partial charge in [0.15, 0.2) is 0 Å². The van der Waals surface area contributed by atoms with Gasteiger partial charge in [0.1, 0.15) is 0 Å². The summed E-state index contributed by atoms with van der Waals surface area (Å²) >= 11 is 5.83. The van der Waals surface area contributed by atoms with Crippen molar-refractivity contribution < 1.29 is 4.74 Å². The smallest absolute Gasteiger partial charge is 0.0838 e. The van der Waals surface area contributed by atoms with E-state index >= 15 is 0 Å². The fourth-order valence-corrected chi connectivity index (χ4v) is 2.10. The van der Waals surface area contributed by atoms with Gasteiger partial charge < -0.3 is 4.74 Å². The molecule has 1 aliphatic heterocycles. The van der Waals surface area contributed by atoms with Gasteiger partial charge in [0, 0.05) is 37.4 Å². The van der Waals surface area contributed by atoms with E-state index in [2.05, 4.69) is 28.9 Å². The highest BCUT2D eigenvalue weighted by atomic mass is 35.5. The van der Waals surface area contributed by atoms with E-state index in [-0.39, 0.29) is 6.10 Å². The predicted molar refractivity (Wildman–Crippen MR) is 64.6 cm³/mol. The lowest BCUT2D eigenvalue weighted by molar-refractivity contribution is -0.0510. The van der Waals surface area contributed by atoms with Crippen molar-refractivity contribution in [2.45, 2.75) is 25.6 Å². The fraction of sp³-hybridized carbons (Fsp3) is 0.583. The molecule has 0 amide bonds. The minimum Gasteiger partial charge on any atom is -0.374 e. The third-order valence-electron chi connectivity index (χ3n) is 2.94. The van der Waals surface area contributed by atoms with Crippen molar-refractivity contribution in [2.75, 3.05) is 19.0 Å². The molecular formula is C12H17ClN2O. The van der Waals surface area contributed by atoms with E-state index in [1.165, 1.54) is 5.56 Å². The van der Waals surface area contributed by atoms with Crippen LogP contribution in [0.1, 0.15) is 12.5 Å². The third-order valence-corrected chi connectivity index (χ3v) is 3.29. The molecular weight excluding hydrogens is 224 g/mol. The molecule has 3 nitrogen and oxygen atoms in total. The van der Waals surface area contributed by atoms with Gasteiger partial charge in [-0.15, -0.1) is 11.6 Å². The molecule has 0 bridgehead atoms. The minimum absolute atomic E-state index is 0.166. The second-order valence-corrected chi connectivity index (χ2v) is 4.55. The van der Waals surface area contributed by atoms with Gasteiger partial charge in [0.25, 0.3) is 0 Å². The highest BCUT2D eigenvalue weighted by molar-refractivity contribution is 6.18. The Kier molecular flexibility index (Phi) is 4.16. The first-order valence-electron chi connectivity index (χ1n) is 5.60. The summed E-state index contributed by atoms with van der Waals surface area (Å²) in [4.78, 5) is 6.43. The maximum Gasteiger partial charge on any atom is 0.0838 e. The largest absolute Gasteiger partial charge is 0.374 e. The van der Waals surface area contributed by atoms with Crippen LogP contribution in [0.2, 0.25) is 0 Å². The SMILES string of the molecule is CC1COC(CCl)CN1Cc1ccncc1. The first-order valence-corrected chi connectivity index (χ1v) is 6.13. The quantitative estimate of drug-likeness (QED) is 0.755. The molecule has 0 N–H and O–H groups in total. The Balaban J connectivity index is 1.97. The third kappa shape index (κ3) is 2.94. The number of aromatic nitrogens is 1. The van der Waals surface area contributed by atoms with Gasteiger partial charge in [-0.05, 0) is 24.6 Å². The topological polar surface area (TPSA) is 25.4 Å². The van der Waals surface area contributed by atoms with Gasteiger partial charge in [-0.25, -0.2) is 0 Å². The molecule has 1 saturated heterocycles. The Labute approximate surface area is 101 Å². The molecule has 16 heavy (non-hydrogen) atoms. The monoisotopic (exact) mass is 240 g/mol. The molecule has 2 rings (SSSR count). The summed E-state index contributed by atoms with van der Waals surface area (Å²) in [6.45, 7) is 4.81. The molecule has 1 aromatic heterocycles. The lowest BCUT2D eigenvalue weighted by atomic mass is 10.1. The van der Waals surface area contributed by atoms with E-state index in [0.717, 1.165) is 19.7 Å². The maximum atomic E-state index is 5.83. The molecule has 1 aromatic rings. The predicted octanol–water partition coefficient (Wildman–Crippen LogP) is 1.91. The zero-order chi connectivity index (χ0) is 11.4. The summed E-state index contributed by atoms with van der Waals surface area (Å²) < 4.78 is 5.62. The number of pyridine rings is 1. The van der Waals surface area contributed by atoms with Crippen molar-refractivity contribution in [2.24, 2.45) is 0 Å². The Hall–Kier alpha value is -0.640. The number of rotatable bonds is 3. The molecule has 1 fully saturated rings. The van der Waals surface area contributed by atoms with Crippen LogP contribution in [-0.2, 0) is 11.3 Å². The molecule has 0 aliphatic carbocycles. The molecule has 0 spiro atoms. The van der Waals surface area contributed by atoms with E-state index < -0.39 is 0 Å². The van der Waals surface area contributed by atoms with Crippen LogP contribution in [0.4, 0.5) is 0 Å². The highest BCUT2D eigenvalue weighted by Gasteiger charge is 2.25. The van der Waals surface area contributed by atoms with Crippen molar-refractivity contribution in [1.29, 1.82) is 0 Å². The zero-order valence-corrected chi connectivity index (χ0v) is 10.2. The summed E-state index contributed by atoms with van der Waals surface area (Å²) in [5.41, 5.74) is 1.29. The lowest BCUT2D eigenvalue weighted by Crippen LogP contribution is -2.48. The highest BCUT2D eigenvalue weighted by Crippen LogP contribution is 2.15. The maximum absolute atomic E-state index is 5.83. The molecule has 2 atom stereocenters. The van der Waals surface area contributed by atoms with Crippen LogP contribution in [0, 0.1) is 0 Å². The molecule has 88 valence electrons. The van der Waals surface area contributed by atoms with E-state index in [1.807, 2.05) is 12.4 Å². The Morgan fingerprint density at radius 3 is 2.94 bits per heavy atom. The Bertz CT molecular complexity index is 320. The van der Waals surface area contributed by atoms with Crippen LogP contribution in [0.15, 0.2) is 24.5 Å². The van der Waals surface area contributed by atoms with Crippen LogP contribution in [0.5, 0.6) is 0 Å². The van der Waals surface area contributed by atoms with Crippen molar-refractivity contribution in [3.8, 4) is 0 Å². The summed E-state index contributed by atoms with van der Waals surface area (Å²) in [6.07, 6.45) is 3.83. The summed E-state index contributed by atoms with van der Waals surface area (Å²) in [7, 11) is 0. The molecule has 0 saturated carbocycles. The van der Waals surface area contributed by atoms with E-state index in [0.29, 0.717) is 11.9 Å². The number of hydrogen-bond acceptors (Lipinski definition) is 3. The van der Waals surface area contributed by atoms with Crippen molar-refractivity contribution in [1.82, 2.24) is 9.88 Å². The number of morpholine rings is 1. The summed E-state index contributed by atoms with van der Waals surface area (Å²) in [6, 6.07) is 4.56. The molecule has 2 unspecified atom stereocenters. The van der Waals surface area contributed by atoms with Crippen molar-refractivity contribution in [3.63, 3.8) is 0 Å². The van der Waals surface area contributed by atoms with Gasteiger partial charge >= 0.3 is 0 Å². The first-order chi connectivity index (χ1) is 7.79. The standard InChI is InChI=1S/C12H17ClN2O/c1-10-9-16-12(6-13)8-15(10)7-11-2-4-14-5-3-11/h2-5,10,12H,6-9H2,1H3. The van der Waals surface area contributed by atoms with Gasteiger partial charge in [-0.2, -0.15) is 0 Å². The average molecular weight is 241 g/mol. The summed E-state index contributed by atoms with van der Waals surface area (Å²) in [5, 5.41) is 0. The Morgan fingerprint density at radius 2 is 2.25 bits per heavy atom. The van der Waals surface area contributed by atoms with Gasteiger partial charge in [0.05, 0.1) is 12.7 Å². The normalized spacial score (nSPS) is 26.9. The first kappa shape index (κ1) is 11.8. The lowest BCUT2D eigenvalue weighted by Gasteiger charge is -2.37. The number of halogens is 1. The van der Waals surface area contributed by atoms with Crippen LogP contribution in [-0.4, -0.2) is 41.1 Å². The zero-order valence-electron chi connectivity index (χ0n) is 9.47. The minimum atomic E-state index is 0.166. The molecule has 2 heterocycles. The Morgan fingerprint density at radius 1 is 1.50 bits per heavy atom. The van der Waals surface area contributed by atoms with Gasteiger partial charge in [0.2, 0.25) is 0 Å². The van der Waals surface area contributed by atoms with Crippen molar-refractivity contribution >= 4 is 11.6 Å². The number of ether oxygens (including phenoxy) is 1. The van der Waals surface area contributed by atoms with Crippen molar-refractivity contribution in [3.05, 3.63) is 30.1 Å². The van der Waals surface area contributed by atoms with Gasteiger partial charge in [-0.1, -0.05) is 0 Å². The van der Waals surface area contributed by atoms with E-state index in [1.54, 1.807) is 0 Å². The van der Waals surface area contributed by atoms with Crippen LogP contribution < -0.4 is 0 Å². The number of hydrogen-bond donors (Lipinski definition) is 0. The average Bonchev–Trinajstić information content (AvgIpc) is 2.33. The second kappa shape index (κ2) is 5.62. The number of alkyl halides is 1. The molecule has 0 aromatic carbocycles.